The van der Waals surface area contributed by atoms with Gasteiger partial charge in [0.1, 0.15) is 0 Å². The van der Waals surface area contributed by atoms with E-state index in [1.807, 2.05) is 0 Å². The Morgan fingerprint density at radius 2 is 2.38 bits per heavy atom. The van der Waals surface area contributed by atoms with Crippen molar-refractivity contribution in [2.24, 2.45) is 5.84 Å². The molecule has 0 fully saturated rings. The number of carbonyl (C=O) groups is 1. The van der Waals surface area contributed by atoms with Gasteiger partial charge in [-0.05, 0) is 0 Å². The summed E-state index contributed by atoms with van der Waals surface area (Å²) in [6.45, 7) is 1.68. The Labute approximate surface area is 53.7 Å². The molecule has 0 spiro atoms. The summed E-state index contributed by atoms with van der Waals surface area (Å²) in [5.41, 5.74) is 1.77. The van der Waals surface area contributed by atoms with Crippen molar-refractivity contribution in [1.82, 2.24) is 5.59 Å². The minimum absolute atomic E-state index is 0. The van der Waals surface area contributed by atoms with E-state index in [2.05, 4.69) is 10.7 Å². The molecule has 0 rings (SSSR count). The first kappa shape index (κ1) is 10.6. The zero-order chi connectivity index (χ0) is 5.70. The molecule has 0 heterocycles. The lowest BCUT2D eigenvalue weighted by atomic mass is 10.5. The number of hydrazine groups is 1. The molecule has 0 aliphatic carbocycles. The molecule has 3 N–H and O–H groups in total. The second-order valence-corrected chi connectivity index (χ2v) is 0.945. The molecule has 0 saturated heterocycles. The maximum absolute atomic E-state index is 10.0. The SMILES string of the molecule is CCC(=O)ONN.Cl. The summed E-state index contributed by atoms with van der Waals surface area (Å²) in [5, 5.41) is 0. The predicted octanol–water partition coefficient (Wildman–Crippen LogP) is -0.260. The maximum Gasteiger partial charge on any atom is 0.326 e. The van der Waals surface area contributed by atoms with Crippen molar-refractivity contribution in [3.05, 3.63) is 0 Å². The maximum atomic E-state index is 10.0. The van der Waals surface area contributed by atoms with Gasteiger partial charge in [0, 0.05) is 6.42 Å². The molecule has 0 bridgehead atoms. The molecule has 8 heavy (non-hydrogen) atoms. The highest BCUT2D eigenvalue weighted by atomic mass is 35.5. The third kappa shape index (κ3) is 5.68. The molecule has 0 saturated carbocycles. The van der Waals surface area contributed by atoms with Crippen LogP contribution in [0.3, 0.4) is 0 Å². The molecule has 0 aliphatic heterocycles. The van der Waals surface area contributed by atoms with Crippen molar-refractivity contribution in [2.45, 2.75) is 13.3 Å². The molecule has 5 heteroatoms. The Hall–Kier alpha value is -0.320. The van der Waals surface area contributed by atoms with E-state index < -0.39 is 0 Å². The number of nitrogens with two attached hydrogens (primary N) is 1. The van der Waals surface area contributed by atoms with Gasteiger partial charge in [0.25, 0.3) is 0 Å². The molecule has 0 atom stereocenters. The second-order valence-electron chi connectivity index (χ2n) is 0.945. The number of carbonyl (C=O) groups excluding carboxylic acids is 1. The van der Waals surface area contributed by atoms with Crippen LogP contribution in [0.2, 0.25) is 0 Å². The topological polar surface area (TPSA) is 64.3 Å². The molecule has 0 aliphatic rings. The van der Waals surface area contributed by atoms with E-state index in [0.29, 0.717) is 6.42 Å². The van der Waals surface area contributed by atoms with Crippen LogP contribution in [0, 0.1) is 0 Å². The highest BCUT2D eigenvalue weighted by Gasteiger charge is 1.91. The second kappa shape index (κ2) is 6.68. The van der Waals surface area contributed by atoms with E-state index in [0.717, 1.165) is 0 Å². The molecule has 4 nitrogen and oxygen atoms in total. The van der Waals surface area contributed by atoms with Gasteiger partial charge in [-0.2, -0.15) is 0 Å². The summed E-state index contributed by atoms with van der Waals surface area (Å²) in [4.78, 5) is 14.1. The third-order valence-corrected chi connectivity index (χ3v) is 0.461. The largest absolute Gasteiger partial charge is 0.356 e. The van der Waals surface area contributed by atoms with Crippen LogP contribution >= 0.6 is 12.4 Å². The average Bonchev–Trinajstić information content (AvgIpc) is 1.68. The highest BCUT2D eigenvalue weighted by molar-refractivity contribution is 5.85. The standard InChI is InChI=1S/C3H8N2O2.ClH/c1-2-3(6)7-5-4;/h5H,2,4H2,1H3;1H. The van der Waals surface area contributed by atoms with E-state index in [-0.39, 0.29) is 18.4 Å². The van der Waals surface area contributed by atoms with E-state index in [1.54, 1.807) is 12.5 Å². The van der Waals surface area contributed by atoms with Crippen LogP contribution in [-0.2, 0) is 9.63 Å². The third-order valence-electron chi connectivity index (χ3n) is 0.461. The Bertz CT molecular complexity index is 68.3. The molecule has 50 valence electrons. The van der Waals surface area contributed by atoms with Crippen LogP contribution in [0.5, 0.6) is 0 Å². The van der Waals surface area contributed by atoms with Gasteiger partial charge in [0.05, 0.1) is 0 Å². The van der Waals surface area contributed by atoms with E-state index in [9.17, 15) is 4.79 Å². The van der Waals surface area contributed by atoms with Gasteiger partial charge in [-0.3, -0.25) is 4.79 Å². The van der Waals surface area contributed by atoms with Gasteiger partial charge >= 0.3 is 5.97 Å². The Balaban J connectivity index is 0. The molecule has 0 radical (unpaired) electrons. The van der Waals surface area contributed by atoms with Gasteiger partial charge in [0.2, 0.25) is 0 Å². The molecule has 0 aromatic carbocycles. The molecule has 0 aromatic heterocycles. The normalized spacial score (nSPS) is 7.25. The van der Waals surface area contributed by atoms with Crippen LogP contribution in [0.1, 0.15) is 13.3 Å². The highest BCUT2D eigenvalue weighted by Crippen LogP contribution is 1.75. The Kier molecular flexibility index (Phi) is 8.87. The van der Waals surface area contributed by atoms with E-state index in [1.165, 1.54) is 0 Å². The lowest BCUT2D eigenvalue weighted by Gasteiger charge is -1.93. The number of rotatable bonds is 2. The van der Waals surface area contributed by atoms with Gasteiger partial charge in [-0.15, -0.1) is 12.4 Å². The van der Waals surface area contributed by atoms with Crippen molar-refractivity contribution in [3.63, 3.8) is 0 Å². The van der Waals surface area contributed by atoms with E-state index in [4.69, 9.17) is 0 Å². The van der Waals surface area contributed by atoms with Crippen molar-refractivity contribution < 1.29 is 9.63 Å². The number of halogens is 1. The van der Waals surface area contributed by atoms with Gasteiger partial charge < -0.3 is 4.84 Å². The summed E-state index contributed by atoms with van der Waals surface area (Å²) >= 11 is 0. The fraction of sp³-hybridized carbons (Fsp3) is 0.667. The summed E-state index contributed by atoms with van der Waals surface area (Å²) in [5.74, 6) is 4.25. The minimum Gasteiger partial charge on any atom is -0.356 e. The zero-order valence-electron chi connectivity index (χ0n) is 4.51. The number of hydrogen-bond acceptors (Lipinski definition) is 4. The molecule has 0 unspecified atom stereocenters. The van der Waals surface area contributed by atoms with Gasteiger partial charge in [-0.25, -0.2) is 5.84 Å². The van der Waals surface area contributed by atoms with Crippen LogP contribution < -0.4 is 11.4 Å². The Morgan fingerprint density at radius 3 is 2.50 bits per heavy atom. The van der Waals surface area contributed by atoms with Crippen molar-refractivity contribution in [1.29, 1.82) is 0 Å². The predicted molar refractivity (Wildman–Crippen MR) is 31.0 cm³/mol. The smallest absolute Gasteiger partial charge is 0.326 e. The zero-order valence-corrected chi connectivity index (χ0v) is 5.33. The van der Waals surface area contributed by atoms with Crippen molar-refractivity contribution in [3.8, 4) is 0 Å². The van der Waals surface area contributed by atoms with Crippen LogP contribution in [0.25, 0.3) is 0 Å². The lowest BCUT2D eigenvalue weighted by Crippen LogP contribution is -2.25. The first-order valence-electron chi connectivity index (χ1n) is 1.96. The monoisotopic (exact) mass is 140 g/mol. The fourth-order valence-corrected chi connectivity index (χ4v) is 0.138. The summed E-state index contributed by atoms with van der Waals surface area (Å²) in [7, 11) is 0. The first-order valence-corrected chi connectivity index (χ1v) is 1.96. The minimum atomic E-state index is -0.359. The summed E-state index contributed by atoms with van der Waals surface area (Å²) < 4.78 is 0. The molecule has 0 aromatic rings. The van der Waals surface area contributed by atoms with Gasteiger partial charge in [0.15, 0.2) is 0 Å². The number of hydrogen-bond donors (Lipinski definition) is 2. The summed E-state index contributed by atoms with van der Waals surface area (Å²) in [6.07, 6.45) is 0.337. The molecular weight excluding hydrogens is 131 g/mol. The fourth-order valence-electron chi connectivity index (χ4n) is 0.138. The van der Waals surface area contributed by atoms with E-state index >= 15 is 0 Å². The van der Waals surface area contributed by atoms with Crippen LogP contribution in [-0.4, -0.2) is 5.97 Å². The van der Waals surface area contributed by atoms with Crippen molar-refractivity contribution >= 4 is 18.4 Å². The average molecular weight is 141 g/mol. The molecular formula is C3H9ClN2O2. The molecule has 0 amide bonds. The first-order chi connectivity index (χ1) is 3.31. The van der Waals surface area contributed by atoms with Gasteiger partial charge in [-0.1, -0.05) is 12.5 Å². The Morgan fingerprint density at radius 1 is 1.88 bits per heavy atom. The quantitative estimate of drug-likeness (QED) is 0.410. The number of nitrogens with one attached hydrogen (secondary N) is 1. The van der Waals surface area contributed by atoms with Crippen LogP contribution in [0.4, 0.5) is 0 Å². The lowest BCUT2D eigenvalue weighted by molar-refractivity contribution is -0.150. The summed E-state index contributed by atoms with van der Waals surface area (Å²) in [6, 6.07) is 0. The van der Waals surface area contributed by atoms with Crippen LogP contribution in [0.15, 0.2) is 0 Å². The van der Waals surface area contributed by atoms with Crippen molar-refractivity contribution in [2.75, 3.05) is 0 Å².